The van der Waals surface area contributed by atoms with E-state index in [-0.39, 0.29) is 17.5 Å². The first-order valence-electron chi connectivity index (χ1n) is 7.76. The van der Waals surface area contributed by atoms with Gasteiger partial charge in [-0.2, -0.15) is 0 Å². The van der Waals surface area contributed by atoms with Gasteiger partial charge in [-0.25, -0.2) is 9.78 Å². The molecule has 9 nitrogen and oxygen atoms in total. The number of aromatic nitrogens is 4. The summed E-state index contributed by atoms with van der Waals surface area (Å²) in [4.78, 5) is 40.2. The zero-order valence-electron chi connectivity index (χ0n) is 14.4. The minimum atomic E-state index is -0.413. The van der Waals surface area contributed by atoms with Crippen molar-refractivity contribution in [2.75, 3.05) is 13.7 Å². The predicted molar refractivity (Wildman–Crippen MR) is 88.9 cm³/mol. The highest BCUT2D eigenvalue weighted by Crippen LogP contribution is 2.07. The molecule has 2 aromatic heterocycles. The van der Waals surface area contributed by atoms with Crippen molar-refractivity contribution in [2.45, 2.75) is 32.4 Å². The lowest BCUT2D eigenvalue weighted by atomic mass is 10.2. The molecular formula is C15H23N5O4. The van der Waals surface area contributed by atoms with Gasteiger partial charge in [-0.3, -0.25) is 18.7 Å². The molecule has 2 aromatic rings. The number of hydrogen-bond acceptors (Lipinski definition) is 5. The highest BCUT2D eigenvalue weighted by Gasteiger charge is 2.14. The normalized spacial score (nSPS) is 12.5. The number of nitrogens with zero attached hydrogens (tertiary/aromatic N) is 4. The molecule has 24 heavy (non-hydrogen) atoms. The molecule has 0 radical (unpaired) electrons. The van der Waals surface area contributed by atoms with Gasteiger partial charge in [0, 0.05) is 40.2 Å². The summed E-state index contributed by atoms with van der Waals surface area (Å²) in [7, 11) is 4.60. The van der Waals surface area contributed by atoms with Crippen LogP contribution in [-0.4, -0.2) is 44.4 Å². The molecule has 2 heterocycles. The smallest absolute Gasteiger partial charge is 0.332 e. The molecule has 0 spiro atoms. The third-order valence-electron chi connectivity index (χ3n) is 3.84. The number of carbonyl (C=O) groups is 1. The zero-order valence-corrected chi connectivity index (χ0v) is 14.4. The number of rotatable bonds is 7. The molecular weight excluding hydrogens is 314 g/mol. The Labute approximate surface area is 138 Å². The standard InChI is InChI=1S/C15H23N5O4/c1-10(8-24-4)17-11(21)6-5-7-20-9-16-13-12(20)14(22)19(3)15(23)18(13)2/h9-10H,5-8H2,1-4H3,(H,17,21). The predicted octanol–water partition coefficient (Wildman–Crippen LogP) is -0.635. The molecule has 0 aliphatic heterocycles. The minimum Gasteiger partial charge on any atom is -0.383 e. The summed E-state index contributed by atoms with van der Waals surface area (Å²) >= 11 is 0. The van der Waals surface area contributed by atoms with Gasteiger partial charge >= 0.3 is 5.69 Å². The van der Waals surface area contributed by atoms with Crippen LogP contribution in [0.5, 0.6) is 0 Å². The Morgan fingerprint density at radius 2 is 2.04 bits per heavy atom. The number of ether oxygens (including phenoxy) is 1. The Balaban J connectivity index is 2.08. The van der Waals surface area contributed by atoms with Gasteiger partial charge in [-0.1, -0.05) is 0 Å². The number of methoxy groups -OCH3 is 1. The highest BCUT2D eigenvalue weighted by atomic mass is 16.5. The van der Waals surface area contributed by atoms with Gasteiger partial charge in [-0.05, 0) is 13.3 Å². The Hall–Kier alpha value is -2.42. The molecule has 0 saturated carbocycles. The summed E-state index contributed by atoms with van der Waals surface area (Å²) in [6, 6.07) is -0.0432. The van der Waals surface area contributed by atoms with Crippen molar-refractivity contribution >= 4 is 17.1 Å². The molecule has 132 valence electrons. The van der Waals surface area contributed by atoms with E-state index in [9.17, 15) is 14.4 Å². The third-order valence-corrected chi connectivity index (χ3v) is 3.84. The number of hydrogen-bond donors (Lipinski definition) is 1. The van der Waals surface area contributed by atoms with Crippen LogP contribution in [0.15, 0.2) is 15.9 Å². The van der Waals surface area contributed by atoms with Crippen molar-refractivity contribution in [1.29, 1.82) is 0 Å². The largest absolute Gasteiger partial charge is 0.383 e. The maximum Gasteiger partial charge on any atom is 0.332 e. The maximum atomic E-state index is 12.3. The van der Waals surface area contributed by atoms with E-state index < -0.39 is 5.69 Å². The summed E-state index contributed by atoms with van der Waals surface area (Å²) in [5.41, 5.74) is -0.0814. The van der Waals surface area contributed by atoms with Crippen LogP contribution >= 0.6 is 0 Å². The summed E-state index contributed by atoms with van der Waals surface area (Å²) < 4.78 is 9.05. The molecule has 0 aliphatic carbocycles. The van der Waals surface area contributed by atoms with E-state index in [1.807, 2.05) is 6.92 Å². The van der Waals surface area contributed by atoms with E-state index in [2.05, 4.69) is 10.3 Å². The molecule has 9 heteroatoms. The van der Waals surface area contributed by atoms with Crippen LogP contribution < -0.4 is 16.6 Å². The van der Waals surface area contributed by atoms with Crippen LogP contribution in [0.3, 0.4) is 0 Å². The van der Waals surface area contributed by atoms with Gasteiger partial charge < -0.3 is 14.6 Å². The van der Waals surface area contributed by atoms with E-state index >= 15 is 0 Å². The molecule has 0 fully saturated rings. The Kier molecular flexibility index (Phi) is 5.55. The van der Waals surface area contributed by atoms with Crippen LogP contribution in [-0.2, 0) is 30.2 Å². The SMILES string of the molecule is COCC(C)NC(=O)CCCn1cnc2c1c(=O)n(C)c(=O)n2C. The second-order valence-electron chi connectivity index (χ2n) is 5.84. The molecule has 0 saturated heterocycles. The first-order chi connectivity index (χ1) is 11.4. The maximum absolute atomic E-state index is 12.3. The summed E-state index contributed by atoms with van der Waals surface area (Å²) in [6.45, 7) is 2.80. The third kappa shape index (κ3) is 3.56. The summed E-state index contributed by atoms with van der Waals surface area (Å²) in [5.74, 6) is -0.0655. The van der Waals surface area contributed by atoms with Gasteiger partial charge in [0.15, 0.2) is 11.2 Å². The average Bonchev–Trinajstić information content (AvgIpc) is 2.95. The van der Waals surface area contributed by atoms with E-state index in [4.69, 9.17) is 4.74 Å². The van der Waals surface area contributed by atoms with Gasteiger partial charge in [0.05, 0.1) is 12.9 Å². The molecule has 0 aromatic carbocycles. The molecule has 0 bridgehead atoms. The number of carbonyl (C=O) groups excluding carboxylic acids is 1. The quantitative estimate of drug-likeness (QED) is 0.725. The van der Waals surface area contributed by atoms with E-state index in [1.165, 1.54) is 17.9 Å². The van der Waals surface area contributed by atoms with E-state index in [0.29, 0.717) is 37.2 Å². The van der Waals surface area contributed by atoms with Gasteiger partial charge in [-0.15, -0.1) is 0 Å². The lowest BCUT2D eigenvalue weighted by molar-refractivity contribution is -0.122. The first kappa shape index (κ1) is 17.9. The van der Waals surface area contributed by atoms with Crippen LogP contribution in [0, 0.1) is 0 Å². The molecule has 1 amide bonds. The van der Waals surface area contributed by atoms with Crippen molar-refractivity contribution < 1.29 is 9.53 Å². The second-order valence-corrected chi connectivity index (χ2v) is 5.84. The Morgan fingerprint density at radius 3 is 2.71 bits per heavy atom. The topological polar surface area (TPSA) is 100 Å². The number of nitrogens with one attached hydrogen (secondary N) is 1. The lowest BCUT2D eigenvalue weighted by Gasteiger charge is -2.12. The molecule has 2 rings (SSSR count). The van der Waals surface area contributed by atoms with Gasteiger partial charge in [0.2, 0.25) is 5.91 Å². The lowest BCUT2D eigenvalue weighted by Crippen LogP contribution is -2.37. The molecule has 1 N–H and O–H groups in total. The average molecular weight is 337 g/mol. The van der Waals surface area contributed by atoms with Crippen molar-refractivity contribution in [3.05, 3.63) is 27.2 Å². The van der Waals surface area contributed by atoms with Crippen LogP contribution in [0.2, 0.25) is 0 Å². The second kappa shape index (κ2) is 7.43. The number of fused-ring (bicyclic) bond motifs is 1. The fourth-order valence-corrected chi connectivity index (χ4v) is 2.62. The molecule has 1 unspecified atom stereocenters. The van der Waals surface area contributed by atoms with Gasteiger partial charge in [0.25, 0.3) is 5.56 Å². The Bertz CT molecular complexity index is 848. The fraction of sp³-hybridized carbons (Fsp3) is 0.600. The molecule has 0 aliphatic rings. The van der Waals surface area contributed by atoms with Gasteiger partial charge in [0.1, 0.15) is 0 Å². The van der Waals surface area contributed by atoms with Crippen LogP contribution in [0.25, 0.3) is 11.2 Å². The van der Waals surface area contributed by atoms with E-state index in [1.54, 1.807) is 18.7 Å². The van der Waals surface area contributed by atoms with Crippen LogP contribution in [0.4, 0.5) is 0 Å². The monoisotopic (exact) mass is 337 g/mol. The van der Waals surface area contributed by atoms with Crippen molar-refractivity contribution in [3.8, 4) is 0 Å². The highest BCUT2D eigenvalue weighted by molar-refractivity contribution is 5.76. The number of amides is 1. The van der Waals surface area contributed by atoms with Crippen molar-refractivity contribution in [2.24, 2.45) is 14.1 Å². The fourth-order valence-electron chi connectivity index (χ4n) is 2.62. The van der Waals surface area contributed by atoms with Crippen LogP contribution in [0.1, 0.15) is 19.8 Å². The van der Waals surface area contributed by atoms with E-state index in [0.717, 1.165) is 4.57 Å². The zero-order chi connectivity index (χ0) is 17.9. The number of aryl methyl sites for hydroxylation is 2. The van der Waals surface area contributed by atoms with Crippen molar-refractivity contribution in [1.82, 2.24) is 24.0 Å². The summed E-state index contributed by atoms with van der Waals surface area (Å²) in [5, 5.41) is 2.84. The molecule has 1 atom stereocenters. The first-order valence-corrected chi connectivity index (χ1v) is 7.76. The number of imidazole rings is 1. The Morgan fingerprint density at radius 1 is 1.33 bits per heavy atom. The van der Waals surface area contributed by atoms with Crippen molar-refractivity contribution in [3.63, 3.8) is 0 Å². The minimum absolute atomic E-state index is 0.0432. The summed E-state index contributed by atoms with van der Waals surface area (Å²) in [6.07, 6.45) is 2.42.